The van der Waals surface area contributed by atoms with E-state index in [2.05, 4.69) is 46.8 Å². The lowest BCUT2D eigenvalue weighted by Gasteiger charge is -2.20. The number of nitrogens with one attached hydrogen (secondary N) is 1. The first-order valence-electron chi connectivity index (χ1n) is 6.46. The smallest absolute Gasteiger partial charge is 0.143 e. The van der Waals surface area contributed by atoms with Crippen molar-refractivity contribution in [1.29, 1.82) is 0 Å². The van der Waals surface area contributed by atoms with Crippen LogP contribution in [0.5, 0.6) is 0 Å². The number of thioether (sulfide) groups is 1. The van der Waals surface area contributed by atoms with E-state index in [1.165, 1.54) is 23.4 Å². The van der Waals surface area contributed by atoms with Gasteiger partial charge < -0.3 is 5.32 Å². The van der Waals surface area contributed by atoms with Crippen LogP contribution in [0.15, 0.2) is 24.5 Å². The van der Waals surface area contributed by atoms with E-state index in [1.54, 1.807) is 11.0 Å². The Bertz CT molecular complexity index is 554. The van der Waals surface area contributed by atoms with Crippen molar-refractivity contribution >= 4 is 17.4 Å². The fraction of sp³-hybridized carbons (Fsp3) is 0.462. The van der Waals surface area contributed by atoms with Gasteiger partial charge in [0.25, 0.3) is 0 Å². The van der Waals surface area contributed by atoms with Crippen LogP contribution < -0.4 is 5.32 Å². The SMILES string of the molecule is Cc1ccc(-n2cnnn2)cc1NC1CCSC1C. The minimum Gasteiger partial charge on any atom is -0.381 e. The van der Waals surface area contributed by atoms with Gasteiger partial charge in [-0.15, -0.1) is 5.10 Å². The second kappa shape index (κ2) is 5.21. The van der Waals surface area contributed by atoms with Gasteiger partial charge in [0, 0.05) is 17.0 Å². The van der Waals surface area contributed by atoms with Gasteiger partial charge in [-0.1, -0.05) is 13.0 Å². The summed E-state index contributed by atoms with van der Waals surface area (Å²) in [6.07, 6.45) is 2.84. The van der Waals surface area contributed by atoms with Gasteiger partial charge in [-0.05, 0) is 47.2 Å². The molecule has 3 rings (SSSR count). The largest absolute Gasteiger partial charge is 0.381 e. The molecule has 1 fully saturated rings. The van der Waals surface area contributed by atoms with Gasteiger partial charge in [0.15, 0.2) is 0 Å². The van der Waals surface area contributed by atoms with Crippen molar-refractivity contribution in [3.05, 3.63) is 30.1 Å². The molecule has 19 heavy (non-hydrogen) atoms. The molecule has 0 aliphatic carbocycles. The summed E-state index contributed by atoms with van der Waals surface area (Å²) < 4.78 is 1.68. The minimum absolute atomic E-state index is 0.549. The van der Waals surface area contributed by atoms with Crippen molar-refractivity contribution in [2.24, 2.45) is 0 Å². The lowest BCUT2D eigenvalue weighted by atomic mass is 10.1. The predicted octanol–water partition coefficient (Wildman–Crippen LogP) is 2.28. The maximum absolute atomic E-state index is 3.93. The van der Waals surface area contributed by atoms with E-state index in [1.807, 2.05) is 17.8 Å². The van der Waals surface area contributed by atoms with E-state index < -0.39 is 0 Å². The van der Waals surface area contributed by atoms with Crippen molar-refractivity contribution < 1.29 is 0 Å². The van der Waals surface area contributed by atoms with Crippen LogP contribution in [0.1, 0.15) is 18.9 Å². The van der Waals surface area contributed by atoms with E-state index in [4.69, 9.17) is 0 Å². The van der Waals surface area contributed by atoms with Gasteiger partial charge in [0.1, 0.15) is 6.33 Å². The van der Waals surface area contributed by atoms with Crippen LogP contribution in [0, 0.1) is 6.92 Å². The molecule has 1 aromatic carbocycles. The topological polar surface area (TPSA) is 55.6 Å². The van der Waals surface area contributed by atoms with Crippen LogP contribution in [0.25, 0.3) is 5.69 Å². The van der Waals surface area contributed by atoms with Gasteiger partial charge >= 0.3 is 0 Å². The summed E-state index contributed by atoms with van der Waals surface area (Å²) in [5.74, 6) is 1.24. The van der Waals surface area contributed by atoms with E-state index >= 15 is 0 Å². The Kier molecular flexibility index (Phi) is 3.42. The van der Waals surface area contributed by atoms with E-state index in [0.29, 0.717) is 11.3 Å². The van der Waals surface area contributed by atoms with E-state index in [9.17, 15) is 0 Å². The molecule has 2 atom stereocenters. The van der Waals surface area contributed by atoms with Gasteiger partial charge in [0.05, 0.1) is 5.69 Å². The molecule has 1 N–H and O–H groups in total. The van der Waals surface area contributed by atoms with Gasteiger partial charge in [-0.2, -0.15) is 11.8 Å². The Morgan fingerprint density at radius 3 is 3.00 bits per heavy atom. The van der Waals surface area contributed by atoms with Crippen LogP contribution in [0.4, 0.5) is 5.69 Å². The van der Waals surface area contributed by atoms with Crippen LogP contribution in [-0.2, 0) is 0 Å². The molecule has 100 valence electrons. The molecular weight excluding hydrogens is 258 g/mol. The molecule has 0 saturated carbocycles. The fourth-order valence-electron chi connectivity index (χ4n) is 2.31. The van der Waals surface area contributed by atoms with Crippen LogP contribution in [0.2, 0.25) is 0 Å². The Balaban J connectivity index is 1.86. The number of benzene rings is 1. The second-order valence-corrected chi connectivity index (χ2v) is 6.35. The molecule has 2 aromatic rings. The molecule has 0 bridgehead atoms. The molecular formula is C13H17N5S. The first kappa shape index (κ1) is 12.5. The molecule has 2 unspecified atom stereocenters. The third-order valence-corrected chi connectivity index (χ3v) is 4.88. The van der Waals surface area contributed by atoms with Crippen molar-refractivity contribution in [3.63, 3.8) is 0 Å². The Morgan fingerprint density at radius 1 is 1.42 bits per heavy atom. The van der Waals surface area contributed by atoms with Crippen molar-refractivity contribution in [2.75, 3.05) is 11.1 Å². The number of aromatic nitrogens is 4. The average molecular weight is 275 g/mol. The first-order valence-corrected chi connectivity index (χ1v) is 7.51. The minimum atomic E-state index is 0.549. The Hall–Kier alpha value is -1.56. The van der Waals surface area contributed by atoms with Crippen LogP contribution in [-0.4, -0.2) is 37.3 Å². The van der Waals surface area contributed by atoms with Gasteiger partial charge in [-0.3, -0.25) is 0 Å². The lowest BCUT2D eigenvalue weighted by molar-refractivity contribution is 0.723. The Labute approximate surface area is 116 Å². The van der Waals surface area contributed by atoms with Crippen molar-refractivity contribution in [3.8, 4) is 5.69 Å². The zero-order valence-corrected chi connectivity index (χ0v) is 11.9. The van der Waals surface area contributed by atoms with Crippen molar-refractivity contribution in [1.82, 2.24) is 20.2 Å². The summed E-state index contributed by atoms with van der Waals surface area (Å²) in [6, 6.07) is 6.80. The molecule has 1 aliphatic rings. The fourth-order valence-corrected chi connectivity index (χ4v) is 3.51. The first-order chi connectivity index (χ1) is 9.24. The zero-order chi connectivity index (χ0) is 13.2. The maximum Gasteiger partial charge on any atom is 0.143 e. The molecule has 1 aliphatic heterocycles. The van der Waals surface area contributed by atoms with Gasteiger partial charge in [-0.25, -0.2) is 4.68 Å². The number of hydrogen-bond acceptors (Lipinski definition) is 5. The standard InChI is InChI=1S/C13H17N5S/c1-9-3-4-11(18-8-14-16-17-18)7-13(9)15-12-5-6-19-10(12)2/h3-4,7-8,10,12,15H,5-6H2,1-2H3. The molecule has 5 nitrogen and oxygen atoms in total. The molecule has 1 saturated heterocycles. The molecule has 0 spiro atoms. The number of hydrogen-bond donors (Lipinski definition) is 1. The zero-order valence-electron chi connectivity index (χ0n) is 11.1. The highest BCUT2D eigenvalue weighted by molar-refractivity contribution is 8.00. The predicted molar refractivity (Wildman–Crippen MR) is 77.8 cm³/mol. The third-order valence-electron chi connectivity index (χ3n) is 3.55. The van der Waals surface area contributed by atoms with Crippen LogP contribution in [0.3, 0.4) is 0 Å². The Morgan fingerprint density at radius 2 is 2.32 bits per heavy atom. The summed E-state index contributed by atoms with van der Waals surface area (Å²) in [6.45, 7) is 4.41. The number of rotatable bonds is 3. The van der Waals surface area contributed by atoms with E-state index in [-0.39, 0.29) is 0 Å². The third kappa shape index (κ3) is 2.58. The monoisotopic (exact) mass is 275 g/mol. The number of aryl methyl sites for hydroxylation is 1. The summed E-state index contributed by atoms with van der Waals surface area (Å²) in [5, 5.41) is 15.6. The quantitative estimate of drug-likeness (QED) is 0.931. The maximum atomic E-state index is 3.93. The number of anilines is 1. The molecule has 6 heteroatoms. The molecule has 2 heterocycles. The second-order valence-electron chi connectivity index (χ2n) is 4.87. The van der Waals surface area contributed by atoms with Crippen molar-refractivity contribution in [2.45, 2.75) is 31.6 Å². The van der Waals surface area contributed by atoms with Gasteiger partial charge in [0.2, 0.25) is 0 Å². The number of nitrogens with zero attached hydrogens (tertiary/aromatic N) is 4. The summed E-state index contributed by atoms with van der Waals surface area (Å²) >= 11 is 2.03. The lowest BCUT2D eigenvalue weighted by Crippen LogP contribution is -2.25. The highest BCUT2D eigenvalue weighted by Crippen LogP contribution is 2.30. The summed E-state index contributed by atoms with van der Waals surface area (Å²) in [4.78, 5) is 0. The molecule has 1 aromatic heterocycles. The number of tetrazole rings is 1. The van der Waals surface area contributed by atoms with E-state index in [0.717, 1.165) is 5.69 Å². The summed E-state index contributed by atoms with van der Waals surface area (Å²) in [5.41, 5.74) is 3.41. The highest BCUT2D eigenvalue weighted by atomic mass is 32.2. The highest BCUT2D eigenvalue weighted by Gasteiger charge is 2.24. The van der Waals surface area contributed by atoms with Crippen LogP contribution >= 0.6 is 11.8 Å². The molecule has 0 amide bonds. The molecule has 0 radical (unpaired) electrons. The average Bonchev–Trinajstić information content (AvgIpc) is 3.05. The summed E-state index contributed by atoms with van der Waals surface area (Å²) in [7, 11) is 0. The normalized spacial score (nSPS) is 22.6.